The summed E-state index contributed by atoms with van der Waals surface area (Å²) in [6.07, 6.45) is 1.68. The smallest absolute Gasteiger partial charge is 0.245 e. The van der Waals surface area contributed by atoms with Crippen LogP contribution in [-0.2, 0) is 26.6 Å². The molecule has 176 valence electrons. The van der Waals surface area contributed by atoms with Crippen molar-refractivity contribution in [2.45, 2.75) is 23.3 Å². The molecule has 1 saturated heterocycles. The third kappa shape index (κ3) is 4.80. The summed E-state index contributed by atoms with van der Waals surface area (Å²) >= 11 is 0. The van der Waals surface area contributed by atoms with Gasteiger partial charge < -0.3 is 0 Å². The second-order valence-corrected chi connectivity index (χ2v) is 12.5. The quantitative estimate of drug-likeness (QED) is 0.529. The Kier molecular flexibility index (Phi) is 6.56. The summed E-state index contributed by atoms with van der Waals surface area (Å²) in [7, 11) is -4.16. The average molecular weight is 489 g/mol. The zero-order valence-electron chi connectivity index (χ0n) is 19.0. The van der Waals surface area contributed by atoms with Gasteiger partial charge in [-0.1, -0.05) is 24.3 Å². The van der Waals surface area contributed by atoms with Crippen LogP contribution in [0.25, 0.3) is 10.9 Å². The second kappa shape index (κ2) is 9.11. The van der Waals surface area contributed by atoms with Crippen molar-refractivity contribution >= 4 is 30.9 Å². The summed E-state index contributed by atoms with van der Waals surface area (Å²) in [6.45, 7) is 4.32. The average Bonchev–Trinajstić information content (AvgIpc) is 2.79. The molecule has 0 unspecified atom stereocenters. The molecular weight excluding hydrogens is 460 g/mol. The minimum absolute atomic E-state index is 0.232. The van der Waals surface area contributed by atoms with E-state index in [1.165, 1.54) is 22.7 Å². The first kappa shape index (κ1) is 23.8. The first-order valence-corrected chi connectivity index (χ1v) is 13.6. The highest BCUT2D eigenvalue weighted by atomic mass is 32.2. The number of aryl methyl sites for hydroxylation is 1. The van der Waals surface area contributed by atoms with Crippen LogP contribution in [0.5, 0.6) is 0 Å². The summed E-state index contributed by atoms with van der Waals surface area (Å²) in [5.74, 6) is 0. The van der Waals surface area contributed by atoms with Crippen molar-refractivity contribution in [2.24, 2.45) is 0 Å². The molecule has 4 rings (SSSR count). The fourth-order valence-electron chi connectivity index (χ4n) is 3.99. The number of piperazine rings is 1. The number of pyridine rings is 1. The fourth-order valence-corrected chi connectivity index (χ4v) is 6.55. The summed E-state index contributed by atoms with van der Waals surface area (Å²) in [5, 5.41) is 0.808. The molecule has 0 aliphatic carbocycles. The Morgan fingerprint density at radius 3 is 2.33 bits per heavy atom. The highest BCUT2D eigenvalue weighted by Crippen LogP contribution is 2.26. The van der Waals surface area contributed by atoms with Crippen molar-refractivity contribution in [1.82, 2.24) is 18.5 Å². The SMILES string of the molecule is Cc1cnc2c(S(=O)(=O)N3CCN(Cc4cccc(S(=O)(=O)N(C)C)c4)CC3)cccc2c1. The number of sulfonamides is 2. The molecular formula is C23H28N4O4S2. The Morgan fingerprint density at radius 2 is 1.64 bits per heavy atom. The van der Waals surface area contributed by atoms with Gasteiger partial charge in [0.2, 0.25) is 20.0 Å². The number of fused-ring (bicyclic) bond motifs is 1. The van der Waals surface area contributed by atoms with Gasteiger partial charge in [-0.3, -0.25) is 9.88 Å². The molecule has 10 heteroatoms. The molecule has 1 aliphatic rings. The molecule has 1 fully saturated rings. The van der Waals surface area contributed by atoms with E-state index in [-0.39, 0.29) is 9.79 Å². The van der Waals surface area contributed by atoms with Gasteiger partial charge in [-0.2, -0.15) is 4.31 Å². The van der Waals surface area contributed by atoms with Crippen LogP contribution in [0.1, 0.15) is 11.1 Å². The lowest BCUT2D eigenvalue weighted by Crippen LogP contribution is -2.48. The van der Waals surface area contributed by atoms with E-state index >= 15 is 0 Å². The van der Waals surface area contributed by atoms with Crippen molar-refractivity contribution in [3.8, 4) is 0 Å². The van der Waals surface area contributed by atoms with Gasteiger partial charge >= 0.3 is 0 Å². The van der Waals surface area contributed by atoms with Crippen molar-refractivity contribution < 1.29 is 16.8 Å². The van der Waals surface area contributed by atoms with E-state index in [4.69, 9.17) is 0 Å². The van der Waals surface area contributed by atoms with Crippen LogP contribution in [0.15, 0.2) is 64.5 Å². The van der Waals surface area contributed by atoms with E-state index in [0.29, 0.717) is 38.2 Å². The molecule has 1 aromatic heterocycles. The van der Waals surface area contributed by atoms with Gasteiger partial charge in [-0.05, 0) is 42.3 Å². The van der Waals surface area contributed by atoms with E-state index in [1.54, 1.807) is 36.5 Å². The maximum Gasteiger partial charge on any atom is 0.245 e. The number of nitrogens with zero attached hydrogens (tertiary/aromatic N) is 4. The van der Waals surface area contributed by atoms with Crippen LogP contribution in [0, 0.1) is 6.92 Å². The van der Waals surface area contributed by atoms with Crippen LogP contribution < -0.4 is 0 Å². The van der Waals surface area contributed by atoms with E-state index in [9.17, 15) is 16.8 Å². The third-order valence-corrected chi connectivity index (χ3v) is 9.58. The molecule has 2 aromatic carbocycles. The standard InChI is InChI=1S/C23H28N4O4S2/c1-18-14-20-7-5-9-22(23(20)24-16-18)33(30,31)27-12-10-26(11-13-27)17-19-6-4-8-21(15-19)32(28,29)25(2)3/h4-9,14-16H,10-13,17H2,1-3H3. The number of hydrogen-bond acceptors (Lipinski definition) is 6. The molecule has 0 N–H and O–H groups in total. The first-order valence-electron chi connectivity index (χ1n) is 10.7. The van der Waals surface area contributed by atoms with Gasteiger partial charge in [0, 0.05) is 58.4 Å². The zero-order chi connectivity index (χ0) is 23.8. The number of rotatable bonds is 6. The van der Waals surface area contributed by atoms with E-state index in [0.717, 1.165) is 16.5 Å². The van der Waals surface area contributed by atoms with Gasteiger partial charge in [0.1, 0.15) is 4.90 Å². The molecule has 33 heavy (non-hydrogen) atoms. The number of aromatic nitrogens is 1. The lowest BCUT2D eigenvalue weighted by Gasteiger charge is -2.34. The zero-order valence-corrected chi connectivity index (χ0v) is 20.6. The van der Waals surface area contributed by atoms with Crippen LogP contribution in [0.3, 0.4) is 0 Å². The number of para-hydroxylation sites is 1. The van der Waals surface area contributed by atoms with Crippen LogP contribution in [0.2, 0.25) is 0 Å². The largest absolute Gasteiger partial charge is 0.296 e. The normalized spacial score (nSPS) is 16.5. The molecule has 0 radical (unpaired) electrons. The van der Waals surface area contributed by atoms with Crippen molar-refractivity contribution in [1.29, 1.82) is 0 Å². The monoisotopic (exact) mass is 488 g/mol. The Hall–Kier alpha value is -2.37. The third-order valence-electron chi connectivity index (χ3n) is 5.84. The van der Waals surface area contributed by atoms with E-state index < -0.39 is 20.0 Å². The van der Waals surface area contributed by atoms with Crippen molar-refractivity contribution in [2.75, 3.05) is 40.3 Å². The Labute approximate surface area is 195 Å². The summed E-state index contributed by atoms with van der Waals surface area (Å²) in [5.41, 5.74) is 2.35. The number of hydrogen-bond donors (Lipinski definition) is 0. The summed E-state index contributed by atoms with van der Waals surface area (Å²) in [4.78, 5) is 7.01. The van der Waals surface area contributed by atoms with Crippen LogP contribution in [-0.4, -0.2) is 75.6 Å². The van der Waals surface area contributed by atoms with Crippen molar-refractivity contribution in [3.05, 3.63) is 65.9 Å². The molecule has 2 heterocycles. The van der Waals surface area contributed by atoms with Crippen molar-refractivity contribution in [3.63, 3.8) is 0 Å². The van der Waals surface area contributed by atoms with Gasteiger partial charge in [0.05, 0.1) is 10.4 Å². The molecule has 0 atom stereocenters. The first-order chi connectivity index (χ1) is 15.6. The molecule has 1 aliphatic heterocycles. The maximum atomic E-state index is 13.4. The van der Waals surface area contributed by atoms with Gasteiger partial charge in [0.25, 0.3) is 0 Å². The topological polar surface area (TPSA) is 90.9 Å². The molecule has 0 spiro atoms. The van der Waals surface area contributed by atoms with Crippen LogP contribution in [0.4, 0.5) is 0 Å². The van der Waals surface area contributed by atoms with Gasteiger partial charge in [-0.25, -0.2) is 21.1 Å². The molecule has 3 aromatic rings. The predicted octanol–water partition coefficient (Wildman–Crippen LogP) is 2.30. The summed E-state index contributed by atoms with van der Waals surface area (Å²) < 4.78 is 54.3. The minimum atomic E-state index is -3.67. The summed E-state index contributed by atoms with van der Waals surface area (Å²) in [6, 6.07) is 14.1. The second-order valence-electron chi connectivity index (χ2n) is 8.46. The molecule has 8 nitrogen and oxygen atoms in total. The molecule has 0 bridgehead atoms. The van der Waals surface area contributed by atoms with Gasteiger partial charge in [0.15, 0.2) is 0 Å². The molecule has 0 saturated carbocycles. The van der Waals surface area contributed by atoms with E-state index in [1.807, 2.05) is 25.1 Å². The van der Waals surface area contributed by atoms with Crippen LogP contribution >= 0.6 is 0 Å². The highest BCUT2D eigenvalue weighted by molar-refractivity contribution is 7.89. The predicted molar refractivity (Wildman–Crippen MR) is 128 cm³/mol. The Balaban J connectivity index is 1.48. The fraction of sp³-hybridized carbons (Fsp3) is 0.348. The number of benzene rings is 2. The molecule has 0 amide bonds. The Bertz CT molecular complexity index is 1380. The maximum absolute atomic E-state index is 13.4. The van der Waals surface area contributed by atoms with Gasteiger partial charge in [-0.15, -0.1) is 0 Å². The van der Waals surface area contributed by atoms with E-state index in [2.05, 4.69) is 9.88 Å². The minimum Gasteiger partial charge on any atom is -0.296 e. The Morgan fingerprint density at radius 1 is 0.939 bits per heavy atom. The lowest BCUT2D eigenvalue weighted by molar-refractivity contribution is 0.181. The lowest BCUT2D eigenvalue weighted by atomic mass is 10.2. The highest BCUT2D eigenvalue weighted by Gasteiger charge is 2.30.